The minimum Gasteiger partial charge on any atom is -0.472 e. The summed E-state index contributed by atoms with van der Waals surface area (Å²) in [5, 5.41) is 0. The normalized spacial score (nSPS) is 26.3. The maximum atomic E-state index is 12.7. The van der Waals surface area contributed by atoms with Crippen molar-refractivity contribution in [2.45, 2.75) is 37.7 Å². The Morgan fingerprint density at radius 3 is 3.12 bits per heavy atom. The highest BCUT2D eigenvalue weighted by atomic mass is 16.5. The number of furan rings is 1. The minimum atomic E-state index is -0.0636. The third-order valence-corrected chi connectivity index (χ3v) is 4.75. The summed E-state index contributed by atoms with van der Waals surface area (Å²) in [6, 6.07) is 5.67. The topological polar surface area (TPSA) is 64.8 Å². The Balaban J connectivity index is 1.42. The van der Waals surface area contributed by atoms with Crippen molar-refractivity contribution >= 4 is 5.91 Å². The quantitative estimate of drug-likeness (QED) is 0.861. The molecule has 0 N–H and O–H groups in total. The molecule has 1 aliphatic carbocycles. The molecule has 4 rings (SSSR count). The molecule has 0 radical (unpaired) electrons. The number of carbonyl (C=O) groups excluding carboxylic acids is 1. The van der Waals surface area contributed by atoms with E-state index in [0.29, 0.717) is 25.3 Å². The van der Waals surface area contributed by atoms with Crippen molar-refractivity contribution < 1.29 is 18.7 Å². The van der Waals surface area contributed by atoms with E-state index in [-0.39, 0.29) is 24.2 Å². The lowest BCUT2D eigenvalue weighted by Crippen LogP contribution is -2.53. The molecule has 0 unspecified atom stereocenters. The molecule has 1 saturated heterocycles. The van der Waals surface area contributed by atoms with Gasteiger partial charge in [-0.3, -0.25) is 9.78 Å². The highest BCUT2D eigenvalue weighted by Crippen LogP contribution is 2.33. The van der Waals surface area contributed by atoms with Crippen LogP contribution in [-0.4, -0.2) is 47.2 Å². The molecule has 2 aromatic heterocycles. The SMILES string of the molecule is O=C(c1ccoc1)N1CCO[C@@H]2[C@@H](OCc3cccnc3)CC[C@@H]21. The van der Waals surface area contributed by atoms with Crippen LogP contribution in [0.4, 0.5) is 0 Å². The van der Waals surface area contributed by atoms with Gasteiger partial charge in [0.25, 0.3) is 5.91 Å². The molecule has 2 aliphatic rings. The second kappa shape index (κ2) is 6.75. The fourth-order valence-electron chi connectivity index (χ4n) is 3.58. The van der Waals surface area contributed by atoms with Crippen molar-refractivity contribution in [1.82, 2.24) is 9.88 Å². The first-order valence-electron chi connectivity index (χ1n) is 8.28. The van der Waals surface area contributed by atoms with E-state index in [1.54, 1.807) is 12.3 Å². The number of rotatable bonds is 4. The van der Waals surface area contributed by atoms with Crippen LogP contribution in [0.15, 0.2) is 47.5 Å². The lowest BCUT2D eigenvalue weighted by Gasteiger charge is -2.38. The first kappa shape index (κ1) is 15.4. The molecule has 0 aromatic carbocycles. The summed E-state index contributed by atoms with van der Waals surface area (Å²) in [7, 11) is 0. The van der Waals surface area contributed by atoms with Crippen molar-refractivity contribution in [2.75, 3.05) is 13.2 Å². The fourth-order valence-corrected chi connectivity index (χ4v) is 3.58. The second-order valence-corrected chi connectivity index (χ2v) is 6.20. The van der Waals surface area contributed by atoms with Gasteiger partial charge in [0.2, 0.25) is 0 Å². The third kappa shape index (κ3) is 2.95. The largest absolute Gasteiger partial charge is 0.472 e. The van der Waals surface area contributed by atoms with Crippen LogP contribution in [0.1, 0.15) is 28.8 Å². The maximum Gasteiger partial charge on any atom is 0.257 e. The highest BCUT2D eigenvalue weighted by Gasteiger charge is 2.45. The zero-order valence-corrected chi connectivity index (χ0v) is 13.3. The van der Waals surface area contributed by atoms with Crippen LogP contribution in [0.3, 0.4) is 0 Å². The zero-order valence-electron chi connectivity index (χ0n) is 13.3. The molecule has 1 amide bonds. The predicted molar refractivity (Wildman–Crippen MR) is 85.3 cm³/mol. The fraction of sp³-hybridized carbons (Fsp3) is 0.444. The molecular weight excluding hydrogens is 308 g/mol. The lowest BCUT2D eigenvalue weighted by atomic mass is 10.1. The standard InChI is InChI=1S/C18H20N2O4/c21-18(14-5-8-22-12-14)20-7-9-23-17-15(20)3-4-16(17)24-11-13-2-1-6-19-10-13/h1-2,5-6,8,10,12,15-17H,3-4,7,9,11H2/t15-,16-,17-/m0/s1. The molecule has 3 heterocycles. The predicted octanol–water partition coefficient (Wildman–Crippen LogP) is 2.26. The second-order valence-electron chi connectivity index (χ2n) is 6.20. The first-order chi connectivity index (χ1) is 11.8. The van der Waals surface area contributed by atoms with Gasteiger partial charge in [0.1, 0.15) is 12.4 Å². The molecule has 126 valence electrons. The smallest absolute Gasteiger partial charge is 0.257 e. The number of ether oxygens (including phenoxy) is 2. The number of morpholine rings is 1. The van der Waals surface area contributed by atoms with Crippen molar-refractivity contribution in [1.29, 1.82) is 0 Å². The molecule has 6 heteroatoms. The molecule has 1 saturated carbocycles. The van der Waals surface area contributed by atoms with E-state index in [1.807, 2.05) is 23.2 Å². The summed E-state index contributed by atoms with van der Waals surface area (Å²) in [5.41, 5.74) is 1.64. The van der Waals surface area contributed by atoms with Gasteiger partial charge in [-0.1, -0.05) is 6.07 Å². The van der Waals surface area contributed by atoms with E-state index in [0.717, 1.165) is 18.4 Å². The lowest BCUT2D eigenvalue weighted by molar-refractivity contribution is -0.108. The Kier molecular flexibility index (Phi) is 4.32. The Hall–Kier alpha value is -2.18. The highest BCUT2D eigenvalue weighted by molar-refractivity contribution is 5.94. The van der Waals surface area contributed by atoms with Crippen molar-refractivity contribution in [3.05, 3.63) is 54.2 Å². The number of fused-ring (bicyclic) bond motifs is 1. The molecule has 2 aromatic rings. The van der Waals surface area contributed by atoms with Crippen LogP contribution in [0, 0.1) is 0 Å². The van der Waals surface area contributed by atoms with Crippen LogP contribution in [0.5, 0.6) is 0 Å². The van der Waals surface area contributed by atoms with E-state index < -0.39 is 0 Å². The third-order valence-electron chi connectivity index (χ3n) is 4.75. The minimum absolute atomic E-state index is 0.00922. The number of hydrogen-bond donors (Lipinski definition) is 0. The van der Waals surface area contributed by atoms with Crippen LogP contribution in [0.25, 0.3) is 0 Å². The monoisotopic (exact) mass is 328 g/mol. The Morgan fingerprint density at radius 1 is 1.38 bits per heavy atom. The van der Waals surface area contributed by atoms with Crippen molar-refractivity contribution in [3.8, 4) is 0 Å². The summed E-state index contributed by atoms with van der Waals surface area (Å²) in [6.45, 7) is 1.67. The summed E-state index contributed by atoms with van der Waals surface area (Å²) >= 11 is 0. The van der Waals surface area contributed by atoms with Gasteiger partial charge in [0, 0.05) is 18.9 Å². The number of nitrogens with zero attached hydrogens (tertiary/aromatic N) is 2. The number of pyridine rings is 1. The van der Waals surface area contributed by atoms with E-state index >= 15 is 0 Å². The molecule has 0 spiro atoms. The Bertz CT molecular complexity index is 674. The van der Waals surface area contributed by atoms with Crippen LogP contribution in [-0.2, 0) is 16.1 Å². The number of hydrogen-bond acceptors (Lipinski definition) is 5. The van der Waals surface area contributed by atoms with Gasteiger partial charge in [-0.25, -0.2) is 0 Å². The average molecular weight is 328 g/mol. The molecule has 3 atom stereocenters. The number of aromatic nitrogens is 1. The van der Waals surface area contributed by atoms with Gasteiger partial charge in [-0.15, -0.1) is 0 Å². The zero-order chi connectivity index (χ0) is 16.4. The number of amides is 1. The van der Waals surface area contributed by atoms with Gasteiger partial charge in [0.15, 0.2) is 0 Å². The van der Waals surface area contributed by atoms with E-state index in [1.165, 1.54) is 12.5 Å². The summed E-state index contributed by atoms with van der Waals surface area (Å²) in [5.74, 6) is 0.00922. The van der Waals surface area contributed by atoms with Crippen LogP contribution in [0.2, 0.25) is 0 Å². The number of carbonyl (C=O) groups is 1. The summed E-state index contributed by atoms with van der Waals surface area (Å²) in [4.78, 5) is 18.7. The van der Waals surface area contributed by atoms with Gasteiger partial charge < -0.3 is 18.8 Å². The first-order valence-corrected chi connectivity index (χ1v) is 8.28. The maximum absolute atomic E-state index is 12.7. The molecule has 24 heavy (non-hydrogen) atoms. The van der Waals surface area contributed by atoms with E-state index in [4.69, 9.17) is 13.9 Å². The molecular formula is C18H20N2O4. The molecule has 2 fully saturated rings. The van der Waals surface area contributed by atoms with Crippen molar-refractivity contribution in [3.63, 3.8) is 0 Å². The van der Waals surface area contributed by atoms with Crippen LogP contribution >= 0.6 is 0 Å². The molecule has 1 aliphatic heterocycles. The molecule has 6 nitrogen and oxygen atoms in total. The van der Waals surface area contributed by atoms with Crippen molar-refractivity contribution in [2.24, 2.45) is 0 Å². The van der Waals surface area contributed by atoms with E-state index in [9.17, 15) is 4.79 Å². The van der Waals surface area contributed by atoms with Gasteiger partial charge >= 0.3 is 0 Å². The summed E-state index contributed by atoms with van der Waals surface area (Å²) < 4.78 is 17.0. The summed E-state index contributed by atoms with van der Waals surface area (Å²) in [6.07, 6.45) is 8.32. The van der Waals surface area contributed by atoms with Crippen LogP contribution < -0.4 is 0 Å². The van der Waals surface area contributed by atoms with Gasteiger partial charge in [-0.2, -0.15) is 0 Å². The Labute approximate surface area is 140 Å². The average Bonchev–Trinajstić information content (AvgIpc) is 3.30. The van der Waals surface area contributed by atoms with Gasteiger partial charge in [-0.05, 0) is 30.5 Å². The van der Waals surface area contributed by atoms with E-state index in [2.05, 4.69) is 4.98 Å². The van der Waals surface area contributed by atoms with Gasteiger partial charge in [0.05, 0.1) is 37.2 Å². The Morgan fingerprint density at radius 2 is 2.33 bits per heavy atom. The molecule has 0 bridgehead atoms.